The van der Waals surface area contributed by atoms with Crippen LogP contribution in [0, 0.1) is 0 Å². The highest BCUT2D eigenvalue weighted by Crippen LogP contribution is 2.33. The molecule has 0 bridgehead atoms. The average Bonchev–Trinajstić information content (AvgIpc) is 3.31. The number of carboxylic acid groups (broad SMARTS) is 1. The Morgan fingerprint density at radius 1 is 1.18 bits per heavy atom. The van der Waals surface area contributed by atoms with Crippen molar-refractivity contribution in [1.29, 1.82) is 0 Å². The first-order valence-electron chi connectivity index (χ1n) is 10.3. The SMILES string of the molecule is CCOC(=O)C1=C(C)N(CCCC(=O)O)C(=O)NC1c1cccc(OC(=O)c2cccs2)c1. The van der Waals surface area contributed by atoms with Crippen molar-refractivity contribution in [3.63, 3.8) is 0 Å². The van der Waals surface area contributed by atoms with E-state index in [4.69, 9.17) is 14.6 Å². The third-order valence-electron chi connectivity index (χ3n) is 4.99. The van der Waals surface area contributed by atoms with Crippen molar-refractivity contribution < 1.29 is 33.8 Å². The van der Waals surface area contributed by atoms with Crippen molar-refractivity contribution in [3.05, 3.63) is 63.5 Å². The van der Waals surface area contributed by atoms with Crippen molar-refractivity contribution in [2.24, 2.45) is 0 Å². The maximum absolute atomic E-state index is 12.8. The number of nitrogens with one attached hydrogen (secondary N) is 1. The summed E-state index contributed by atoms with van der Waals surface area (Å²) in [6.45, 7) is 3.59. The van der Waals surface area contributed by atoms with Crippen molar-refractivity contribution in [3.8, 4) is 5.75 Å². The number of hydrogen-bond acceptors (Lipinski definition) is 7. The summed E-state index contributed by atoms with van der Waals surface area (Å²) in [5.41, 5.74) is 1.15. The standard InChI is InChI=1S/C23H24N2O7S/c1-3-31-22(29)19-14(2)25(11-5-10-18(26)27)23(30)24-20(19)15-7-4-8-16(13-15)32-21(28)17-9-6-12-33-17/h4,6-9,12-13,20H,3,5,10-11H2,1-2H3,(H,24,30)(H,26,27). The van der Waals surface area contributed by atoms with Crippen LogP contribution in [0.3, 0.4) is 0 Å². The molecule has 1 unspecified atom stereocenters. The topological polar surface area (TPSA) is 122 Å². The minimum absolute atomic E-state index is 0.104. The molecule has 0 aliphatic carbocycles. The van der Waals surface area contributed by atoms with Gasteiger partial charge in [-0.3, -0.25) is 9.69 Å². The molecule has 2 heterocycles. The summed E-state index contributed by atoms with van der Waals surface area (Å²) >= 11 is 1.26. The monoisotopic (exact) mass is 472 g/mol. The summed E-state index contributed by atoms with van der Waals surface area (Å²) in [7, 11) is 0. The number of rotatable bonds is 9. The van der Waals surface area contributed by atoms with Crippen LogP contribution in [-0.4, -0.2) is 47.1 Å². The Morgan fingerprint density at radius 2 is 1.97 bits per heavy atom. The Bertz CT molecular complexity index is 1080. The van der Waals surface area contributed by atoms with Gasteiger partial charge in [0.25, 0.3) is 0 Å². The maximum Gasteiger partial charge on any atom is 0.353 e. The molecule has 1 atom stereocenters. The van der Waals surface area contributed by atoms with Gasteiger partial charge in [-0.2, -0.15) is 0 Å². The van der Waals surface area contributed by atoms with E-state index in [2.05, 4.69) is 5.32 Å². The van der Waals surface area contributed by atoms with Crippen LogP contribution in [0.2, 0.25) is 0 Å². The highest BCUT2D eigenvalue weighted by molar-refractivity contribution is 7.12. The van der Waals surface area contributed by atoms with Gasteiger partial charge in [-0.05, 0) is 49.4 Å². The number of benzene rings is 1. The number of carbonyl (C=O) groups excluding carboxylic acids is 3. The first-order valence-corrected chi connectivity index (χ1v) is 11.2. The number of aliphatic carboxylic acids is 1. The number of nitrogens with zero attached hydrogens (tertiary/aromatic N) is 1. The van der Waals surface area contributed by atoms with Crippen molar-refractivity contribution in [1.82, 2.24) is 10.2 Å². The van der Waals surface area contributed by atoms with Gasteiger partial charge in [0, 0.05) is 18.7 Å². The summed E-state index contributed by atoms with van der Waals surface area (Å²) in [5, 5.41) is 13.4. The minimum atomic E-state index is -0.966. The number of amides is 2. The molecular weight excluding hydrogens is 448 g/mol. The van der Waals surface area contributed by atoms with Crippen LogP contribution in [-0.2, 0) is 14.3 Å². The van der Waals surface area contributed by atoms with Gasteiger partial charge < -0.3 is 19.9 Å². The highest BCUT2D eigenvalue weighted by Gasteiger charge is 2.36. The lowest BCUT2D eigenvalue weighted by atomic mass is 9.94. The molecule has 174 valence electrons. The number of hydrogen-bond donors (Lipinski definition) is 2. The molecule has 0 spiro atoms. The average molecular weight is 473 g/mol. The van der Waals surface area contributed by atoms with E-state index in [0.717, 1.165) is 0 Å². The molecule has 3 rings (SSSR count). The molecule has 33 heavy (non-hydrogen) atoms. The van der Waals surface area contributed by atoms with E-state index in [1.165, 1.54) is 16.2 Å². The Balaban J connectivity index is 1.91. The number of carbonyl (C=O) groups is 4. The smallest absolute Gasteiger partial charge is 0.353 e. The van der Waals surface area contributed by atoms with E-state index in [1.54, 1.807) is 55.6 Å². The molecule has 1 aliphatic heterocycles. The zero-order valence-electron chi connectivity index (χ0n) is 18.2. The zero-order chi connectivity index (χ0) is 24.0. The molecule has 1 aromatic carbocycles. The van der Waals surface area contributed by atoms with Crippen LogP contribution in [0.25, 0.3) is 0 Å². The first-order chi connectivity index (χ1) is 15.8. The fourth-order valence-electron chi connectivity index (χ4n) is 3.47. The number of carboxylic acids is 1. The third kappa shape index (κ3) is 5.78. The lowest BCUT2D eigenvalue weighted by Gasteiger charge is -2.35. The molecule has 1 aromatic heterocycles. The number of esters is 2. The van der Waals surface area contributed by atoms with Crippen LogP contribution in [0.15, 0.2) is 53.0 Å². The second-order valence-corrected chi connectivity index (χ2v) is 8.14. The van der Waals surface area contributed by atoms with Gasteiger partial charge in [0.05, 0.1) is 18.2 Å². The quantitative estimate of drug-likeness (QED) is 0.421. The second-order valence-electron chi connectivity index (χ2n) is 7.19. The van der Waals surface area contributed by atoms with E-state index in [1.807, 2.05) is 0 Å². The first kappa shape index (κ1) is 24.0. The zero-order valence-corrected chi connectivity index (χ0v) is 19.0. The van der Waals surface area contributed by atoms with Gasteiger partial charge in [-0.1, -0.05) is 18.2 Å². The molecular formula is C23H24N2O7S. The van der Waals surface area contributed by atoms with Crippen molar-refractivity contribution in [2.75, 3.05) is 13.2 Å². The fourth-order valence-corrected chi connectivity index (χ4v) is 4.07. The molecule has 2 amide bonds. The molecule has 0 radical (unpaired) electrons. The normalized spacial score (nSPS) is 15.8. The van der Waals surface area contributed by atoms with E-state index >= 15 is 0 Å². The summed E-state index contributed by atoms with van der Waals surface area (Å²) in [6, 6.07) is 8.68. The fraction of sp³-hybridized carbons (Fsp3) is 0.304. The lowest BCUT2D eigenvalue weighted by molar-refractivity contribution is -0.139. The van der Waals surface area contributed by atoms with Crippen LogP contribution in [0.4, 0.5) is 4.79 Å². The predicted molar refractivity (Wildman–Crippen MR) is 120 cm³/mol. The molecule has 0 saturated carbocycles. The number of ether oxygens (including phenoxy) is 2. The number of thiophene rings is 1. The molecule has 2 aromatic rings. The summed E-state index contributed by atoms with van der Waals surface area (Å²) in [4.78, 5) is 50.5. The van der Waals surface area contributed by atoms with Gasteiger partial charge in [-0.25, -0.2) is 14.4 Å². The predicted octanol–water partition coefficient (Wildman–Crippen LogP) is 3.74. The molecule has 0 fully saturated rings. The molecule has 0 saturated heterocycles. The molecule has 10 heteroatoms. The Kier molecular flexibility index (Phi) is 7.83. The van der Waals surface area contributed by atoms with Crippen LogP contribution < -0.4 is 10.1 Å². The Morgan fingerprint density at radius 3 is 2.64 bits per heavy atom. The lowest BCUT2D eigenvalue weighted by Crippen LogP contribution is -2.48. The summed E-state index contributed by atoms with van der Waals surface area (Å²) in [6.07, 6.45) is 0.127. The van der Waals surface area contributed by atoms with Gasteiger partial charge in [0.1, 0.15) is 10.6 Å². The summed E-state index contributed by atoms with van der Waals surface area (Å²) in [5.74, 6) is -1.79. The van der Waals surface area contributed by atoms with Crippen LogP contribution >= 0.6 is 11.3 Å². The summed E-state index contributed by atoms with van der Waals surface area (Å²) < 4.78 is 10.7. The Labute approximate surface area is 194 Å². The minimum Gasteiger partial charge on any atom is -0.481 e. The van der Waals surface area contributed by atoms with Gasteiger partial charge in [0.15, 0.2) is 0 Å². The van der Waals surface area contributed by atoms with E-state index in [0.29, 0.717) is 16.1 Å². The van der Waals surface area contributed by atoms with Gasteiger partial charge in [-0.15, -0.1) is 11.3 Å². The van der Waals surface area contributed by atoms with Gasteiger partial charge >= 0.3 is 23.9 Å². The number of urea groups is 1. The largest absolute Gasteiger partial charge is 0.481 e. The van der Waals surface area contributed by atoms with E-state index < -0.39 is 30.0 Å². The van der Waals surface area contributed by atoms with E-state index in [-0.39, 0.29) is 37.3 Å². The van der Waals surface area contributed by atoms with Gasteiger partial charge in [0.2, 0.25) is 0 Å². The van der Waals surface area contributed by atoms with Crippen LogP contribution in [0.1, 0.15) is 48.0 Å². The Hall–Kier alpha value is -3.66. The van der Waals surface area contributed by atoms with E-state index in [9.17, 15) is 19.2 Å². The molecule has 1 aliphatic rings. The number of allylic oxidation sites excluding steroid dienone is 1. The maximum atomic E-state index is 12.8. The van der Waals surface area contributed by atoms with Crippen molar-refractivity contribution in [2.45, 2.75) is 32.7 Å². The van der Waals surface area contributed by atoms with Crippen molar-refractivity contribution >= 4 is 35.3 Å². The highest BCUT2D eigenvalue weighted by atomic mass is 32.1. The third-order valence-corrected chi connectivity index (χ3v) is 5.84. The van der Waals surface area contributed by atoms with Crippen LogP contribution in [0.5, 0.6) is 5.75 Å². The molecule has 2 N–H and O–H groups in total. The second kappa shape index (κ2) is 10.8. The molecule has 9 nitrogen and oxygen atoms in total.